The van der Waals surface area contributed by atoms with E-state index < -0.39 is 11.8 Å². The first-order chi connectivity index (χ1) is 14.3. The summed E-state index contributed by atoms with van der Waals surface area (Å²) in [6, 6.07) is 7.54. The first-order valence-corrected chi connectivity index (χ1v) is 10.1. The number of nitrogens with zero attached hydrogens (tertiary/aromatic N) is 3. The summed E-state index contributed by atoms with van der Waals surface area (Å²) in [5.41, 5.74) is 9.74. The van der Waals surface area contributed by atoms with Crippen molar-refractivity contribution in [3.05, 3.63) is 47.4 Å². The van der Waals surface area contributed by atoms with E-state index in [0.717, 1.165) is 40.8 Å². The van der Waals surface area contributed by atoms with Gasteiger partial charge in [-0.15, -0.1) is 0 Å². The molecule has 4 N–H and O–H groups in total. The Morgan fingerprint density at radius 2 is 2.03 bits per heavy atom. The molecule has 3 heterocycles. The van der Waals surface area contributed by atoms with E-state index in [1.54, 1.807) is 17.9 Å². The molecule has 4 rings (SSSR count). The van der Waals surface area contributed by atoms with Crippen molar-refractivity contribution in [2.24, 2.45) is 5.92 Å². The number of rotatable bonds is 2. The van der Waals surface area contributed by atoms with Crippen molar-refractivity contribution in [3.8, 4) is 0 Å². The van der Waals surface area contributed by atoms with Gasteiger partial charge < -0.3 is 20.9 Å². The van der Waals surface area contributed by atoms with Crippen molar-refractivity contribution in [2.75, 3.05) is 17.6 Å². The van der Waals surface area contributed by atoms with Gasteiger partial charge in [0.2, 0.25) is 0 Å². The number of carbonyl (C=O) groups is 2. The number of aromatic amines is 1. The van der Waals surface area contributed by atoms with Crippen LogP contribution in [0.1, 0.15) is 42.8 Å². The van der Waals surface area contributed by atoms with Crippen LogP contribution in [0.4, 0.5) is 11.5 Å². The average molecular weight is 406 g/mol. The van der Waals surface area contributed by atoms with Gasteiger partial charge in [-0.1, -0.05) is 13.0 Å². The molecule has 0 radical (unpaired) electrons. The van der Waals surface area contributed by atoms with Gasteiger partial charge in [0.1, 0.15) is 11.6 Å². The number of benzene rings is 1. The van der Waals surface area contributed by atoms with Gasteiger partial charge in [-0.25, -0.2) is 9.97 Å². The number of H-pyrrole nitrogens is 1. The zero-order valence-corrected chi connectivity index (χ0v) is 17.4. The molecule has 156 valence electrons. The Morgan fingerprint density at radius 3 is 2.80 bits per heavy atom. The van der Waals surface area contributed by atoms with Crippen molar-refractivity contribution in [1.82, 2.24) is 19.9 Å². The van der Waals surface area contributed by atoms with Crippen LogP contribution < -0.4 is 11.1 Å². The van der Waals surface area contributed by atoms with E-state index in [2.05, 4.69) is 27.2 Å². The van der Waals surface area contributed by atoms with Gasteiger partial charge in [0.15, 0.2) is 0 Å². The molecule has 0 spiro atoms. The lowest BCUT2D eigenvalue weighted by Crippen LogP contribution is -2.46. The maximum absolute atomic E-state index is 13.1. The number of likely N-dealkylation sites (tertiary alicyclic amines) is 1. The van der Waals surface area contributed by atoms with Crippen molar-refractivity contribution < 1.29 is 9.59 Å². The summed E-state index contributed by atoms with van der Waals surface area (Å²) in [5, 5.41) is 2.66. The van der Waals surface area contributed by atoms with Crippen LogP contribution in [-0.4, -0.2) is 38.2 Å². The van der Waals surface area contributed by atoms with Crippen LogP contribution in [-0.2, 0) is 9.59 Å². The van der Waals surface area contributed by atoms with Gasteiger partial charge in [-0.05, 0) is 61.9 Å². The molecule has 8 heteroatoms. The van der Waals surface area contributed by atoms with Crippen molar-refractivity contribution in [1.29, 1.82) is 0 Å². The largest absolute Gasteiger partial charge is 0.383 e. The second kappa shape index (κ2) is 7.78. The molecule has 0 aliphatic carbocycles. The molecule has 8 nitrogen and oxygen atoms in total. The highest BCUT2D eigenvalue weighted by Gasteiger charge is 2.34. The third-order valence-corrected chi connectivity index (χ3v) is 5.66. The first kappa shape index (κ1) is 19.9. The van der Waals surface area contributed by atoms with Gasteiger partial charge in [0.25, 0.3) is 0 Å². The molecule has 2 atom stereocenters. The number of nitrogen functional groups attached to an aromatic ring is 1. The Hall–Kier alpha value is -3.42. The number of amides is 2. The quantitative estimate of drug-likeness (QED) is 0.565. The lowest BCUT2D eigenvalue weighted by Gasteiger charge is -2.38. The standard InChI is InChI=1S/C22H26N6O2/c1-12-4-7-19(15-5-6-17-18(9-15)26-14(3)25-17)28(11-12)22(30)21(29)27-16-8-13(2)20(23)24-10-16/h5-6,8-10,12,19H,4,7,11H2,1-3H3,(H2,23,24)(H,25,26)(H,27,29)/t12-,19?/m0/s1. The zero-order valence-electron chi connectivity index (χ0n) is 17.4. The number of piperidine rings is 1. The fourth-order valence-corrected chi connectivity index (χ4v) is 4.05. The molecule has 0 bridgehead atoms. The number of hydrogen-bond acceptors (Lipinski definition) is 5. The van der Waals surface area contributed by atoms with E-state index in [9.17, 15) is 9.59 Å². The number of carbonyl (C=O) groups excluding carboxylic acids is 2. The number of nitrogens with one attached hydrogen (secondary N) is 2. The van der Waals surface area contributed by atoms with Gasteiger partial charge in [0, 0.05) is 6.54 Å². The van der Waals surface area contributed by atoms with E-state index in [1.165, 1.54) is 6.20 Å². The second-order valence-electron chi connectivity index (χ2n) is 8.13. The van der Waals surface area contributed by atoms with Crippen LogP contribution >= 0.6 is 0 Å². The predicted octanol–water partition coefficient (Wildman–Crippen LogP) is 3.10. The highest BCUT2D eigenvalue weighted by molar-refractivity contribution is 6.39. The number of imidazole rings is 1. The predicted molar refractivity (Wildman–Crippen MR) is 116 cm³/mol. The number of nitrogens with two attached hydrogens (primary N) is 1. The molecular weight excluding hydrogens is 380 g/mol. The molecule has 1 aromatic carbocycles. The van der Waals surface area contributed by atoms with Gasteiger partial charge in [-0.3, -0.25) is 9.59 Å². The van der Waals surface area contributed by atoms with Crippen LogP contribution in [0, 0.1) is 19.8 Å². The maximum Gasteiger partial charge on any atom is 0.313 e. The van der Waals surface area contributed by atoms with Crippen molar-refractivity contribution in [2.45, 2.75) is 39.7 Å². The molecular formula is C22H26N6O2. The van der Waals surface area contributed by atoms with Crippen LogP contribution in [0.5, 0.6) is 0 Å². The Labute approximate surface area is 174 Å². The second-order valence-corrected chi connectivity index (χ2v) is 8.13. The first-order valence-electron chi connectivity index (χ1n) is 10.1. The van der Waals surface area contributed by atoms with Crippen LogP contribution in [0.2, 0.25) is 0 Å². The SMILES string of the molecule is Cc1nc2cc(C3CC[C@H](C)CN3C(=O)C(=O)Nc3cnc(N)c(C)c3)ccc2[nH]1. The number of fused-ring (bicyclic) bond motifs is 1. The smallest absolute Gasteiger partial charge is 0.313 e. The normalized spacial score (nSPS) is 19.1. The van der Waals surface area contributed by atoms with Gasteiger partial charge in [0.05, 0.1) is 29.0 Å². The van der Waals surface area contributed by atoms with Crippen LogP contribution in [0.25, 0.3) is 11.0 Å². The summed E-state index contributed by atoms with van der Waals surface area (Å²) in [6.07, 6.45) is 3.25. The summed E-state index contributed by atoms with van der Waals surface area (Å²) < 4.78 is 0. The third-order valence-electron chi connectivity index (χ3n) is 5.66. The molecule has 1 aliphatic rings. The van der Waals surface area contributed by atoms with Crippen LogP contribution in [0.3, 0.4) is 0 Å². The van der Waals surface area contributed by atoms with E-state index >= 15 is 0 Å². The Balaban J connectivity index is 1.58. The summed E-state index contributed by atoms with van der Waals surface area (Å²) in [5.74, 6) is 0.359. The fourth-order valence-electron chi connectivity index (χ4n) is 4.05. The van der Waals surface area contributed by atoms with E-state index in [1.807, 2.05) is 25.1 Å². The Morgan fingerprint density at radius 1 is 1.23 bits per heavy atom. The van der Waals surface area contributed by atoms with Crippen molar-refractivity contribution in [3.63, 3.8) is 0 Å². The lowest BCUT2D eigenvalue weighted by molar-refractivity contribution is -0.146. The highest BCUT2D eigenvalue weighted by atomic mass is 16.2. The number of hydrogen-bond donors (Lipinski definition) is 3. The molecule has 2 aromatic heterocycles. The monoisotopic (exact) mass is 406 g/mol. The Kier molecular flexibility index (Phi) is 5.15. The van der Waals surface area contributed by atoms with Gasteiger partial charge >= 0.3 is 11.8 Å². The molecule has 1 aliphatic heterocycles. The minimum Gasteiger partial charge on any atom is -0.383 e. The van der Waals surface area contributed by atoms with Crippen LogP contribution in [0.15, 0.2) is 30.5 Å². The molecule has 1 saturated heterocycles. The Bertz CT molecular complexity index is 1120. The van der Waals surface area contributed by atoms with E-state index in [-0.39, 0.29) is 6.04 Å². The highest BCUT2D eigenvalue weighted by Crippen LogP contribution is 2.34. The zero-order chi connectivity index (χ0) is 21.4. The summed E-state index contributed by atoms with van der Waals surface area (Å²) in [6.45, 7) is 6.35. The third kappa shape index (κ3) is 3.85. The van der Waals surface area contributed by atoms with E-state index in [4.69, 9.17) is 5.73 Å². The summed E-state index contributed by atoms with van der Waals surface area (Å²) >= 11 is 0. The summed E-state index contributed by atoms with van der Waals surface area (Å²) in [7, 11) is 0. The number of aromatic nitrogens is 3. The molecule has 1 fully saturated rings. The van der Waals surface area contributed by atoms with Gasteiger partial charge in [-0.2, -0.15) is 0 Å². The number of pyridine rings is 1. The maximum atomic E-state index is 13.1. The minimum absolute atomic E-state index is 0.160. The minimum atomic E-state index is -0.670. The van der Waals surface area contributed by atoms with E-state index in [0.29, 0.717) is 24.0 Å². The number of anilines is 2. The van der Waals surface area contributed by atoms with Crippen molar-refractivity contribution >= 4 is 34.4 Å². The topological polar surface area (TPSA) is 117 Å². The molecule has 2 amide bonds. The summed E-state index contributed by atoms with van der Waals surface area (Å²) in [4.78, 5) is 39.3. The number of aryl methyl sites for hydroxylation is 2. The average Bonchev–Trinajstić information content (AvgIpc) is 3.09. The lowest BCUT2D eigenvalue weighted by atomic mass is 9.89. The molecule has 0 saturated carbocycles. The molecule has 3 aromatic rings. The molecule has 30 heavy (non-hydrogen) atoms. The fraction of sp³-hybridized carbons (Fsp3) is 0.364. The molecule has 1 unspecified atom stereocenters.